The third kappa shape index (κ3) is 3.16. The maximum Gasteiger partial charge on any atom is 0.271 e. The molecular formula is C16H23N3O3. The van der Waals surface area contributed by atoms with Crippen LogP contribution in [0.25, 0.3) is 0 Å². The van der Waals surface area contributed by atoms with Crippen LogP contribution in [0.15, 0.2) is 4.79 Å². The number of hydrogen-bond acceptors (Lipinski definition) is 5. The second-order valence-corrected chi connectivity index (χ2v) is 6.08. The van der Waals surface area contributed by atoms with Crippen LogP contribution in [-0.4, -0.2) is 39.4 Å². The second kappa shape index (κ2) is 6.95. The maximum absolute atomic E-state index is 12.2. The summed E-state index contributed by atoms with van der Waals surface area (Å²) >= 11 is 0. The van der Waals surface area contributed by atoms with Crippen LogP contribution < -0.4 is 5.56 Å². The van der Waals surface area contributed by atoms with E-state index in [0.717, 1.165) is 24.1 Å². The van der Waals surface area contributed by atoms with E-state index in [9.17, 15) is 15.2 Å². The predicted octanol–water partition coefficient (Wildman–Crippen LogP) is 0.958. The highest BCUT2D eigenvalue weighted by atomic mass is 16.3. The molecule has 0 radical (unpaired) electrons. The lowest BCUT2D eigenvalue weighted by molar-refractivity contribution is 0.173. The molecule has 1 aromatic rings. The summed E-state index contributed by atoms with van der Waals surface area (Å²) < 4.78 is 1.09. The van der Waals surface area contributed by atoms with Gasteiger partial charge in [-0.05, 0) is 37.8 Å². The topological polar surface area (TPSA) is 89.5 Å². The van der Waals surface area contributed by atoms with Gasteiger partial charge in [-0.2, -0.15) is 5.26 Å². The van der Waals surface area contributed by atoms with Crippen molar-refractivity contribution in [2.45, 2.75) is 39.8 Å². The molecule has 0 spiro atoms. The SMILES string of the molecule is Cc1c(CN2CCC[C@H](C)C2)c(O)n(CCO)c(=O)c1C#N. The Balaban J connectivity index is 2.44. The minimum absolute atomic E-state index is 0.0109. The predicted molar refractivity (Wildman–Crippen MR) is 82.6 cm³/mol. The summed E-state index contributed by atoms with van der Waals surface area (Å²) in [6, 6.07) is 1.93. The molecule has 120 valence electrons. The minimum atomic E-state index is -0.540. The molecule has 1 fully saturated rings. The molecule has 1 aliphatic heterocycles. The van der Waals surface area contributed by atoms with Crippen molar-refractivity contribution in [1.29, 1.82) is 5.26 Å². The summed E-state index contributed by atoms with van der Waals surface area (Å²) in [7, 11) is 0. The zero-order valence-corrected chi connectivity index (χ0v) is 13.2. The lowest BCUT2D eigenvalue weighted by Gasteiger charge is -2.31. The highest BCUT2D eigenvalue weighted by Crippen LogP contribution is 2.25. The number of aromatic hydroxyl groups is 1. The van der Waals surface area contributed by atoms with E-state index in [0.29, 0.717) is 23.6 Å². The van der Waals surface area contributed by atoms with Crippen molar-refractivity contribution in [3.05, 3.63) is 27.0 Å². The first-order valence-electron chi connectivity index (χ1n) is 7.68. The summed E-state index contributed by atoms with van der Waals surface area (Å²) in [5, 5.41) is 28.7. The second-order valence-electron chi connectivity index (χ2n) is 6.08. The molecule has 6 nitrogen and oxygen atoms in total. The zero-order chi connectivity index (χ0) is 16.3. The van der Waals surface area contributed by atoms with E-state index < -0.39 is 5.56 Å². The van der Waals surface area contributed by atoms with Gasteiger partial charge in [0, 0.05) is 18.7 Å². The Hall–Kier alpha value is -1.84. The van der Waals surface area contributed by atoms with E-state index >= 15 is 0 Å². The van der Waals surface area contributed by atoms with Gasteiger partial charge in [0.05, 0.1) is 13.2 Å². The molecule has 0 bridgehead atoms. The van der Waals surface area contributed by atoms with Crippen molar-refractivity contribution < 1.29 is 10.2 Å². The van der Waals surface area contributed by atoms with Crippen molar-refractivity contribution >= 4 is 0 Å². The van der Waals surface area contributed by atoms with Crippen molar-refractivity contribution in [3.8, 4) is 11.9 Å². The number of aliphatic hydroxyl groups excluding tert-OH is 1. The lowest BCUT2D eigenvalue weighted by atomic mass is 9.98. The van der Waals surface area contributed by atoms with Gasteiger partial charge in [-0.3, -0.25) is 14.3 Å². The Morgan fingerprint density at radius 1 is 1.45 bits per heavy atom. The molecule has 0 unspecified atom stereocenters. The monoisotopic (exact) mass is 305 g/mol. The molecule has 1 aliphatic rings. The molecule has 2 heterocycles. The number of pyridine rings is 1. The van der Waals surface area contributed by atoms with Crippen molar-refractivity contribution in [1.82, 2.24) is 9.47 Å². The molecule has 2 rings (SSSR count). The fraction of sp³-hybridized carbons (Fsp3) is 0.625. The standard InChI is InChI=1S/C16H23N3O3/c1-11-4-3-5-18(9-11)10-14-12(2)13(8-17)15(21)19(6-7-20)16(14)22/h11,20,22H,3-7,9-10H2,1-2H3/t11-/m0/s1. The fourth-order valence-corrected chi connectivity index (χ4v) is 3.16. The highest BCUT2D eigenvalue weighted by Gasteiger charge is 2.23. The molecule has 0 aliphatic carbocycles. The van der Waals surface area contributed by atoms with Gasteiger partial charge in [0.2, 0.25) is 0 Å². The average molecular weight is 305 g/mol. The van der Waals surface area contributed by atoms with E-state index in [1.807, 2.05) is 6.07 Å². The Kier molecular flexibility index (Phi) is 5.22. The molecule has 22 heavy (non-hydrogen) atoms. The van der Waals surface area contributed by atoms with Crippen LogP contribution in [0.4, 0.5) is 0 Å². The van der Waals surface area contributed by atoms with Crippen molar-refractivity contribution in [2.24, 2.45) is 5.92 Å². The van der Waals surface area contributed by atoms with Crippen molar-refractivity contribution in [3.63, 3.8) is 0 Å². The minimum Gasteiger partial charge on any atom is -0.494 e. The number of likely N-dealkylation sites (tertiary alicyclic amines) is 1. The molecule has 6 heteroatoms. The van der Waals surface area contributed by atoms with Crippen LogP contribution in [0.5, 0.6) is 5.88 Å². The van der Waals surface area contributed by atoms with Gasteiger partial charge in [-0.1, -0.05) is 6.92 Å². The number of rotatable bonds is 4. The maximum atomic E-state index is 12.2. The number of aromatic nitrogens is 1. The van der Waals surface area contributed by atoms with E-state index in [1.165, 1.54) is 6.42 Å². The molecule has 1 aromatic heterocycles. The zero-order valence-electron chi connectivity index (χ0n) is 13.2. The van der Waals surface area contributed by atoms with Gasteiger partial charge in [-0.15, -0.1) is 0 Å². The van der Waals surface area contributed by atoms with E-state index in [2.05, 4.69) is 11.8 Å². The van der Waals surface area contributed by atoms with Crippen LogP contribution in [-0.2, 0) is 13.1 Å². The van der Waals surface area contributed by atoms with Gasteiger partial charge in [-0.25, -0.2) is 0 Å². The third-order valence-corrected chi connectivity index (χ3v) is 4.37. The van der Waals surface area contributed by atoms with E-state index in [4.69, 9.17) is 5.11 Å². The molecular weight excluding hydrogens is 282 g/mol. The van der Waals surface area contributed by atoms with Gasteiger partial charge < -0.3 is 10.2 Å². The Morgan fingerprint density at radius 3 is 2.77 bits per heavy atom. The number of piperidine rings is 1. The summed E-state index contributed by atoms with van der Waals surface area (Å²) in [6.45, 7) is 6.04. The Bertz CT molecular complexity index is 646. The lowest BCUT2D eigenvalue weighted by Crippen LogP contribution is -2.35. The van der Waals surface area contributed by atoms with Crippen LogP contribution in [0.3, 0.4) is 0 Å². The molecule has 0 aromatic carbocycles. The molecule has 2 N–H and O–H groups in total. The summed E-state index contributed by atoms with van der Waals surface area (Å²) in [6.07, 6.45) is 2.32. The first kappa shape index (κ1) is 16.5. The van der Waals surface area contributed by atoms with Crippen molar-refractivity contribution in [2.75, 3.05) is 19.7 Å². The third-order valence-electron chi connectivity index (χ3n) is 4.37. The Morgan fingerprint density at radius 2 is 2.18 bits per heavy atom. The summed E-state index contributed by atoms with van der Waals surface area (Å²) in [5.74, 6) is 0.476. The quantitative estimate of drug-likeness (QED) is 0.865. The van der Waals surface area contributed by atoms with E-state index in [1.54, 1.807) is 6.92 Å². The fourth-order valence-electron chi connectivity index (χ4n) is 3.16. The van der Waals surface area contributed by atoms with Crippen LogP contribution >= 0.6 is 0 Å². The number of nitrogens with zero attached hydrogens (tertiary/aromatic N) is 3. The van der Waals surface area contributed by atoms with E-state index in [-0.39, 0.29) is 24.6 Å². The highest BCUT2D eigenvalue weighted by molar-refractivity contribution is 5.45. The number of nitriles is 1. The van der Waals surface area contributed by atoms with Gasteiger partial charge in [0.25, 0.3) is 5.56 Å². The summed E-state index contributed by atoms with van der Waals surface area (Å²) in [5.41, 5.74) is 0.657. The van der Waals surface area contributed by atoms with Crippen LogP contribution in [0, 0.1) is 24.2 Å². The largest absolute Gasteiger partial charge is 0.494 e. The number of aliphatic hydroxyl groups is 1. The van der Waals surface area contributed by atoms with Gasteiger partial charge >= 0.3 is 0 Å². The molecule has 1 saturated heterocycles. The first-order valence-corrected chi connectivity index (χ1v) is 7.68. The first-order chi connectivity index (χ1) is 10.5. The average Bonchev–Trinajstić information content (AvgIpc) is 2.49. The molecule has 0 amide bonds. The van der Waals surface area contributed by atoms with Crippen LogP contribution in [0.2, 0.25) is 0 Å². The Labute approximate surface area is 130 Å². The normalized spacial score (nSPS) is 19.1. The number of hydrogen-bond donors (Lipinski definition) is 2. The summed E-state index contributed by atoms with van der Waals surface area (Å²) in [4.78, 5) is 14.4. The van der Waals surface area contributed by atoms with Gasteiger partial charge in [0.15, 0.2) is 5.88 Å². The van der Waals surface area contributed by atoms with Crippen LogP contribution in [0.1, 0.15) is 36.5 Å². The molecule has 1 atom stereocenters. The molecule has 0 saturated carbocycles. The smallest absolute Gasteiger partial charge is 0.271 e. The van der Waals surface area contributed by atoms with Gasteiger partial charge in [0.1, 0.15) is 11.6 Å².